The largest absolute Gasteiger partial charge is 0.469 e. The molecule has 0 bridgehead atoms. The molecule has 0 unspecified atom stereocenters. The molecule has 1 atom stereocenters. The molecule has 0 aromatic carbocycles. The molecule has 0 spiro atoms. The van der Waals surface area contributed by atoms with Crippen LogP contribution in [0.25, 0.3) is 0 Å². The summed E-state index contributed by atoms with van der Waals surface area (Å²) in [6.07, 6.45) is 28.7. The van der Waals surface area contributed by atoms with Gasteiger partial charge in [0, 0.05) is 25.5 Å². The van der Waals surface area contributed by atoms with Crippen LogP contribution in [0, 0.1) is 0 Å². The fourth-order valence-corrected chi connectivity index (χ4v) is 6.44. The SMILES string of the molecule is CCCCCCCCCCCCCCC(=O)O[C@@H](COC(=O)CCCCCCCCCCCCCCCSC(C)=O)COP(=O)(O)O. The van der Waals surface area contributed by atoms with Gasteiger partial charge < -0.3 is 19.3 Å². The standard InChI is InChI=1S/C36H69O9PS/c1-3-4-5-6-7-8-9-13-17-20-23-26-29-36(39)45-34(32-44-46(40,41)42)31-43-35(38)28-25-22-19-16-14-11-10-12-15-18-21-24-27-30-47-33(2)37/h34H,3-32H2,1-2H3,(H2,40,41,42)/t34-/m0/s1. The first-order chi connectivity index (χ1) is 22.6. The summed E-state index contributed by atoms with van der Waals surface area (Å²) in [5, 5.41) is 0.211. The zero-order valence-corrected chi connectivity index (χ0v) is 31.6. The van der Waals surface area contributed by atoms with E-state index < -0.39 is 32.5 Å². The van der Waals surface area contributed by atoms with E-state index in [1.165, 1.54) is 114 Å². The number of thioether (sulfide) groups is 1. The average Bonchev–Trinajstić information content (AvgIpc) is 3.02. The van der Waals surface area contributed by atoms with Crippen LogP contribution in [0.2, 0.25) is 0 Å². The summed E-state index contributed by atoms with van der Waals surface area (Å²) < 4.78 is 26.3. The van der Waals surface area contributed by atoms with Crippen molar-refractivity contribution in [3.05, 3.63) is 0 Å². The van der Waals surface area contributed by atoms with Crippen molar-refractivity contribution in [2.45, 2.75) is 193 Å². The van der Waals surface area contributed by atoms with Gasteiger partial charge >= 0.3 is 19.8 Å². The maximum absolute atomic E-state index is 12.3. The number of phosphoric ester groups is 1. The summed E-state index contributed by atoms with van der Waals surface area (Å²) >= 11 is 1.43. The van der Waals surface area contributed by atoms with E-state index in [1.807, 2.05) is 0 Å². The molecule has 0 saturated carbocycles. The highest BCUT2D eigenvalue weighted by Gasteiger charge is 2.22. The van der Waals surface area contributed by atoms with E-state index in [0.717, 1.165) is 50.7 Å². The van der Waals surface area contributed by atoms with Crippen molar-refractivity contribution in [2.75, 3.05) is 19.0 Å². The van der Waals surface area contributed by atoms with E-state index in [0.29, 0.717) is 12.8 Å². The van der Waals surface area contributed by atoms with Gasteiger partial charge in [-0.15, -0.1) is 0 Å². The summed E-state index contributed by atoms with van der Waals surface area (Å²) in [5.41, 5.74) is 0. The second-order valence-electron chi connectivity index (χ2n) is 12.9. The van der Waals surface area contributed by atoms with E-state index in [4.69, 9.17) is 19.3 Å². The molecule has 0 fully saturated rings. The van der Waals surface area contributed by atoms with Gasteiger partial charge in [-0.1, -0.05) is 160 Å². The Morgan fingerprint density at radius 3 is 1.36 bits per heavy atom. The third kappa shape index (κ3) is 37.7. The number of carbonyl (C=O) groups excluding carboxylic acids is 3. The van der Waals surface area contributed by atoms with Crippen molar-refractivity contribution in [3.8, 4) is 0 Å². The minimum atomic E-state index is -4.75. The lowest BCUT2D eigenvalue weighted by atomic mass is 10.0. The number of rotatable bonds is 35. The van der Waals surface area contributed by atoms with Crippen LogP contribution >= 0.6 is 19.6 Å². The van der Waals surface area contributed by atoms with E-state index >= 15 is 0 Å². The molecule has 278 valence electrons. The molecule has 0 aliphatic rings. The van der Waals surface area contributed by atoms with Gasteiger partial charge in [0.05, 0.1) is 6.61 Å². The molecule has 9 nitrogen and oxygen atoms in total. The molecule has 0 aliphatic heterocycles. The Hall–Kier alpha value is -0.930. The van der Waals surface area contributed by atoms with Gasteiger partial charge in [-0.05, 0) is 19.3 Å². The predicted octanol–water partition coefficient (Wildman–Crippen LogP) is 10.4. The van der Waals surface area contributed by atoms with E-state index in [2.05, 4.69) is 11.4 Å². The van der Waals surface area contributed by atoms with Crippen LogP contribution in [0.4, 0.5) is 0 Å². The molecule has 0 aromatic rings. The maximum atomic E-state index is 12.3. The first-order valence-electron chi connectivity index (χ1n) is 18.8. The number of phosphoric acid groups is 1. The molecule has 0 amide bonds. The Kier molecular flexibility index (Phi) is 32.9. The van der Waals surface area contributed by atoms with Gasteiger partial charge in [0.25, 0.3) is 0 Å². The van der Waals surface area contributed by atoms with Crippen LogP contribution in [0.3, 0.4) is 0 Å². The van der Waals surface area contributed by atoms with Gasteiger partial charge in [-0.3, -0.25) is 18.9 Å². The van der Waals surface area contributed by atoms with Crippen LogP contribution in [-0.4, -0.2) is 51.9 Å². The lowest BCUT2D eigenvalue weighted by Gasteiger charge is -2.18. The highest BCUT2D eigenvalue weighted by atomic mass is 32.2. The van der Waals surface area contributed by atoms with Crippen molar-refractivity contribution < 1.29 is 42.7 Å². The molecule has 0 saturated heterocycles. The Morgan fingerprint density at radius 1 is 0.574 bits per heavy atom. The minimum Gasteiger partial charge on any atom is -0.462 e. The third-order valence-electron chi connectivity index (χ3n) is 8.22. The molecule has 2 N–H and O–H groups in total. The molecule has 47 heavy (non-hydrogen) atoms. The highest BCUT2D eigenvalue weighted by Crippen LogP contribution is 2.36. The molecule has 0 aliphatic carbocycles. The second-order valence-corrected chi connectivity index (χ2v) is 15.4. The normalized spacial score (nSPS) is 12.3. The topological polar surface area (TPSA) is 136 Å². The number of esters is 2. The highest BCUT2D eigenvalue weighted by molar-refractivity contribution is 8.13. The summed E-state index contributed by atoms with van der Waals surface area (Å²) in [4.78, 5) is 53.6. The average molecular weight is 709 g/mol. The van der Waals surface area contributed by atoms with E-state index in [9.17, 15) is 18.9 Å². The summed E-state index contributed by atoms with van der Waals surface area (Å²) in [6, 6.07) is 0. The zero-order valence-electron chi connectivity index (χ0n) is 29.9. The molecular formula is C36H69O9PS. The van der Waals surface area contributed by atoms with Crippen molar-refractivity contribution in [3.63, 3.8) is 0 Å². The lowest BCUT2D eigenvalue weighted by molar-refractivity contribution is -0.161. The number of unbranched alkanes of at least 4 members (excludes halogenated alkanes) is 23. The Balaban J connectivity index is 3.88. The lowest BCUT2D eigenvalue weighted by Crippen LogP contribution is -2.29. The van der Waals surface area contributed by atoms with Crippen molar-refractivity contribution in [2.24, 2.45) is 0 Å². The van der Waals surface area contributed by atoms with Crippen LogP contribution in [-0.2, 0) is 32.9 Å². The number of carbonyl (C=O) groups is 3. The fraction of sp³-hybridized carbons (Fsp3) is 0.917. The van der Waals surface area contributed by atoms with Gasteiger partial charge in [0.15, 0.2) is 11.2 Å². The zero-order chi connectivity index (χ0) is 34.9. The predicted molar refractivity (Wildman–Crippen MR) is 192 cm³/mol. The van der Waals surface area contributed by atoms with Crippen LogP contribution in [0.5, 0.6) is 0 Å². The van der Waals surface area contributed by atoms with E-state index in [1.54, 1.807) is 6.92 Å². The first-order valence-corrected chi connectivity index (χ1v) is 21.3. The van der Waals surface area contributed by atoms with Crippen molar-refractivity contribution in [1.29, 1.82) is 0 Å². The Labute approximate surface area is 291 Å². The number of hydrogen-bond donors (Lipinski definition) is 2. The minimum absolute atomic E-state index is 0.210. The summed E-state index contributed by atoms with van der Waals surface area (Å²) in [7, 11) is -4.75. The molecule has 0 aromatic heterocycles. The first kappa shape index (κ1) is 46.1. The van der Waals surface area contributed by atoms with Gasteiger partial charge in [-0.25, -0.2) is 4.57 Å². The van der Waals surface area contributed by atoms with Crippen LogP contribution in [0.15, 0.2) is 0 Å². The maximum Gasteiger partial charge on any atom is 0.469 e. The molecular weight excluding hydrogens is 639 g/mol. The van der Waals surface area contributed by atoms with E-state index in [-0.39, 0.29) is 24.6 Å². The number of hydrogen-bond acceptors (Lipinski definition) is 8. The molecule has 0 radical (unpaired) electrons. The monoisotopic (exact) mass is 708 g/mol. The van der Waals surface area contributed by atoms with Crippen LogP contribution < -0.4 is 0 Å². The fourth-order valence-electron chi connectivity index (χ4n) is 5.44. The second kappa shape index (κ2) is 33.6. The van der Waals surface area contributed by atoms with Crippen molar-refractivity contribution >= 4 is 36.6 Å². The van der Waals surface area contributed by atoms with Crippen LogP contribution in [0.1, 0.15) is 187 Å². The summed E-state index contributed by atoms with van der Waals surface area (Å²) in [5.74, 6) is 0.0512. The quantitative estimate of drug-likeness (QED) is 0.0372. The number of ether oxygens (including phenoxy) is 2. The molecule has 11 heteroatoms. The smallest absolute Gasteiger partial charge is 0.462 e. The van der Waals surface area contributed by atoms with Gasteiger partial charge in [-0.2, -0.15) is 0 Å². The van der Waals surface area contributed by atoms with Crippen molar-refractivity contribution in [1.82, 2.24) is 0 Å². The van der Waals surface area contributed by atoms with Gasteiger partial charge in [0.2, 0.25) is 0 Å². The molecule has 0 heterocycles. The third-order valence-corrected chi connectivity index (χ3v) is 9.61. The molecule has 0 rings (SSSR count). The summed E-state index contributed by atoms with van der Waals surface area (Å²) in [6.45, 7) is 3.03. The van der Waals surface area contributed by atoms with Gasteiger partial charge in [0.1, 0.15) is 6.61 Å². The Morgan fingerprint density at radius 2 is 0.957 bits per heavy atom. The Bertz CT molecular complexity index is 805.